The third-order valence-corrected chi connectivity index (χ3v) is 5.40. The number of piperidine rings is 1. The highest BCUT2D eigenvalue weighted by atomic mass is 16.4. The first-order valence-electron chi connectivity index (χ1n) is 9.45. The summed E-state index contributed by atoms with van der Waals surface area (Å²) in [6.07, 6.45) is 4.65. The van der Waals surface area contributed by atoms with Gasteiger partial charge in [-0.05, 0) is 45.5 Å². The summed E-state index contributed by atoms with van der Waals surface area (Å²) in [4.78, 5) is 30.3. The molecule has 3 rings (SSSR count). The minimum absolute atomic E-state index is 0.131. The van der Waals surface area contributed by atoms with Crippen LogP contribution in [0.4, 0.5) is 0 Å². The first kappa shape index (κ1) is 18.8. The first-order valence-corrected chi connectivity index (χ1v) is 9.45. The van der Waals surface area contributed by atoms with Crippen LogP contribution in [0.25, 0.3) is 0 Å². The van der Waals surface area contributed by atoms with Gasteiger partial charge in [0, 0.05) is 44.0 Å². The Bertz CT molecular complexity index is 632. The minimum Gasteiger partial charge on any atom is -0.480 e. The van der Waals surface area contributed by atoms with Gasteiger partial charge in [-0.1, -0.05) is 0 Å². The maximum absolute atomic E-state index is 12.8. The predicted molar refractivity (Wildman–Crippen MR) is 97.0 cm³/mol. The lowest BCUT2D eigenvalue weighted by atomic mass is 9.94. The summed E-state index contributed by atoms with van der Waals surface area (Å²) in [7, 11) is 2.13. The Balaban J connectivity index is 1.58. The van der Waals surface area contributed by atoms with Crippen molar-refractivity contribution >= 4 is 11.9 Å². The molecule has 1 atom stereocenters. The molecule has 1 amide bonds. The Morgan fingerprint density at radius 3 is 2.81 bits per heavy atom. The summed E-state index contributed by atoms with van der Waals surface area (Å²) < 4.78 is 1.55. The topological polar surface area (TPSA) is 81.9 Å². The highest BCUT2D eigenvalue weighted by Crippen LogP contribution is 2.27. The number of carboxylic acids is 1. The molecule has 2 aliphatic heterocycles. The fourth-order valence-electron chi connectivity index (χ4n) is 3.94. The Hall–Kier alpha value is -1.93. The van der Waals surface area contributed by atoms with Gasteiger partial charge in [-0.2, -0.15) is 5.10 Å². The van der Waals surface area contributed by atoms with E-state index in [-0.39, 0.29) is 18.4 Å². The van der Waals surface area contributed by atoms with Crippen LogP contribution in [0.3, 0.4) is 0 Å². The number of likely N-dealkylation sites (tertiary alicyclic amines) is 1. The molecule has 0 bridgehead atoms. The van der Waals surface area contributed by atoms with E-state index >= 15 is 0 Å². The van der Waals surface area contributed by atoms with Crippen molar-refractivity contribution in [2.75, 3.05) is 52.9 Å². The smallest absolute Gasteiger partial charge is 0.325 e. The second kappa shape index (κ2) is 8.64. The lowest BCUT2D eigenvalue weighted by molar-refractivity contribution is -0.138. The molecule has 0 saturated carbocycles. The molecule has 0 unspecified atom stereocenters. The zero-order valence-electron chi connectivity index (χ0n) is 15.5. The number of carboxylic acid groups (broad SMARTS) is 1. The van der Waals surface area contributed by atoms with Crippen molar-refractivity contribution in [3.05, 3.63) is 18.0 Å². The number of amides is 1. The maximum atomic E-state index is 12.8. The maximum Gasteiger partial charge on any atom is 0.325 e. The van der Waals surface area contributed by atoms with Gasteiger partial charge in [0.2, 0.25) is 5.91 Å². The Morgan fingerprint density at radius 2 is 2.00 bits per heavy atom. The van der Waals surface area contributed by atoms with Crippen molar-refractivity contribution in [3.63, 3.8) is 0 Å². The van der Waals surface area contributed by atoms with Crippen molar-refractivity contribution in [1.29, 1.82) is 0 Å². The normalized spacial score (nSPS) is 23.0. The van der Waals surface area contributed by atoms with Gasteiger partial charge in [-0.25, -0.2) is 0 Å². The molecule has 2 aliphatic rings. The SMILES string of the molecule is CN1CCCN(CC(=O)N2CCC[C@@H](c3ccnn3CC(=O)O)C2)CC1. The molecule has 2 fully saturated rings. The molecule has 8 heteroatoms. The monoisotopic (exact) mass is 363 g/mol. The van der Waals surface area contributed by atoms with E-state index in [0.29, 0.717) is 13.1 Å². The van der Waals surface area contributed by atoms with E-state index in [1.54, 1.807) is 10.9 Å². The molecule has 26 heavy (non-hydrogen) atoms. The molecule has 0 spiro atoms. The molecule has 0 aliphatic carbocycles. The zero-order chi connectivity index (χ0) is 18.5. The van der Waals surface area contributed by atoms with Crippen molar-refractivity contribution in [3.8, 4) is 0 Å². The molecule has 2 saturated heterocycles. The quantitative estimate of drug-likeness (QED) is 0.811. The van der Waals surface area contributed by atoms with Crippen molar-refractivity contribution < 1.29 is 14.7 Å². The Labute approximate surface area is 154 Å². The fourth-order valence-corrected chi connectivity index (χ4v) is 3.94. The van der Waals surface area contributed by atoms with Crippen LogP contribution in [0.5, 0.6) is 0 Å². The summed E-state index contributed by atoms with van der Waals surface area (Å²) in [6.45, 7) is 5.79. The van der Waals surface area contributed by atoms with E-state index in [4.69, 9.17) is 5.11 Å². The fraction of sp³-hybridized carbons (Fsp3) is 0.722. The molecule has 1 N–H and O–H groups in total. The number of rotatable bonds is 5. The summed E-state index contributed by atoms with van der Waals surface area (Å²) >= 11 is 0. The molecular formula is C18H29N5O3. The third-order valence-electron chi connectivity index (χ3n) is 5.40. The summed E-state index contributed by atoms with van der Waals surface area (Å²) in [5, 5.41) is 13.2. The van der Waals surface area contributed by atoms with E-state index in [0.717, 1.165) is 57.7 Å². The molecule has 1 aromatic rings. The summed E-state index contributed by atoms with van der Waals surface area (Å²) in [5.74, 6) is -0.557. The van der Waals surface area contributed by atoms with Crippen LogP contribution in [0.2, 0.25) is 0 Å². The second-order valence-corrected chi connectivity index (χ2v) is 7.42. The number of nitrogens with zero attached hydrogens (tertiary/aromatic N) is 5. The van der Waals surface area contributed by atoms with Gasteiger partial charge in [0.25, 0.3) is 0 Å². The van der Waals surface area contributed by atoms with Crippen LogP contribution in [-0.2, 0) is 16.1 Å². The van der Waals surface area contributed by atoms with Crippen molar-refractivity contribution in [1.82, 2.24) is 24.5 Å². The van der Waals surface area contributed by atoms with Crippen LogP contribution in [0, 0.1) is 0 Å². The van der Waals surface area contributed by atoms with Gasteiger partial charge in [-0.15, -0.1) is 0 Å². The lowest BCUT2D eigenvalue weighted by Gasteiger charge is -2.34. The van der Waals surface area contributed by atoms with Gasteiger partial charge in [-0.3, -0.25) is 19.2 Å². The molecule has 144 valence electrons. The second-order valence-electron chi connectivity index (χ2n) is 7.42. The van der Waals surface area contributed by atoms with Gasteiger partial charge < -0.3 is 14.9 Å². The lowest BCUT2D eigenvalue weighted by Crippen LogP contribution is -2.45. The standard InChI is InChI=1S/C18H29N5O3/c1-20-7-3-8-21(11-10-20)13-17(24)22-9-2-4-15(12-22)16-5-6-19-23(16)14-18(25)26/h5-6,15H,2-4,7-14H2,1H3,(H,25,26)/t15-/m1/s1. The number of hydrogen-bond acceptors (Lipinski definition) is 5. The van der Waals surface area contributed by atoms with Crippen molar-refractivity contribution in [2.45, 2.75) is 31.7 Å². The third kappa shape index (κ3) is 4.82. The molecular weight excluding hydrogens is 334 g/mol. The van der Waals surface area contributed by atoms with E-state index in [1.807, 2.05) is 11.0 Å². The predicted octanol–water partition coefficient (Wildman–Crippen LogP) is 0.311. The van der Waals surface area contributed by atoms with Crippen LogP contribution in [-0.4, -0.2) is 94.3 Å². The zero-order valence-corrected chi connectivity index (χ0v) is 15.5. The number of aromatic nitrogens is 2. The van der Waals surface area contributed by atoms with Crippen LogP contribution >= 0.6 is 0 Å². The highest BCUT2D eigenvalue weighted by Gasteiger charge is 2.28. The molecule has 0 radical (unpaired) electrons. The Kier molecular flexibility index (Phi) is 6.26. The summed E-state index contributed by atoms with van der Waals surface area (Å²) in [6, 6.07) is 1.88. The first-order chi connectivity index (χ1) is 12.5. The summed E-state index contributed by atoms with van der Waals surface area (Å²) in [5.41, 5.74) is 0.918. The van der Waals surface area contributed by atoms with Crippen molar-refractivity contribution in [2.24, 2.45) is 0 Å². The number of hydrogen-bond donors (Lipinski definition) is 1. The van der Waals surface area contributed by atoms with E-state index in [1.165, 1.54) is 0 Å². The molecule has 3 heterocycles. The van der Waals surface area contributed by atoms with Gasteiger partial charge in [0.1, 0.15) is 6.54 Å². The average molecular weight is 363 g/mol. The number of aliphatic carboxylic acids is 1. The number of carbonyl (C=O) groups excluding carboxylic acids is 1. The molecule has 0 aromatic carbocycles. The van der Waals surface area contributed by atoms with E-state index in [2.05, 4.69) is 21.9 Å². The molecule has 8 nitrogen and oxygen atoms in total. The van der Waals surface area contributed by atoms with Gasteiger partial charge >= 0.3 is 5.97 Å². The minimum atomic E-state index is -0.898. The van der Waals surface area contributed by atoms with E-state index < -0.39 is 5.97 Å². The number of likely N-dealkylation sites (N-methyl/N-ethyl adjacent to an activating group) is 1. The Morgan fingerprint density at radius 1 is 1.15 bits per heavy atom. The highest BCUT2D eigenvalue weighted by molar-refractivity contribution is 5.78. The largest absolute Gasteiger partial charge is 0.480 e. The van der Waals surface area contributed by atoms with Gasteiger partial charge in [0.15, 0.2) is 0 Å². The van der Waals surface area contributed by atoms with Crippen LogP contribution in [0.1, 0.15) is 30.9 Å². The molecule has 1 aromatic heterocycles. The van der Waals surface area contributed by atoms with Crippen LogP contribution in [0.15, 0.2) is 12.3 Å². The van der Waals surface area contributed by atoms with E-state index in [9.17, 15) is 9.59 Å². The average Bonchev–Trinajstić information content (AvgIpc) is 2.97. The number of carbonyl (C=O) groups is 2. The van der Waals surface area contributed by atoms with Gasteiger partial charge in [0.05, 0.1) is 6.54 Å². The van der Waals surface area contributed by atoms with Crippen LogP contribution < -0.4 is 0 Å².